The molecule has 1 aromatic heterocycles. The van der Waals surface area contributed by atoms with Crippen molar-refractivity contribution in [2.75, 3.05) is 20.2 Å². The van der Waals surface area contributed by atoms with E-state index in [0.717, 1.165) is 0 Å². The zero-order chi connectivity index (χ0) is 16.5. The van der Waals surface area contributed by atoms with Crippen LogP contribution in [0, 0.1) is 0 Å². The van der Waals surface area contributed by atoms with Crippen molar-refractivity contribution in [2.24, 2.45) is 0 Å². The zero-order valence-electron chi connectivity index (χ0n) is 13.1. The fourth-order valence-electron chi connectivity index (χ4n) is 2.76. The molecule has 0 saturated carbocycles. The van der Waals surface area contributed by atoms with Gasteiger partial charge < -0.3 is 14.4 Å². The fourth-order valence-corrected chi connectivity index (χ4v) is 3.15. The smallest absolute Gasteiger partial charge is 0.345 e. The molecule has 0 aromatic carbocycles. The molecule has 1 aliphatic rings. The lowest BCUT2D eigenvalue weighted by atomic mass is 9.89. The van der Waals surface area contributed by atoms with Crippen LogP contribution < -0.4 is 4.74 Å². The lowest BCUT2D eigenvalue weighted by Crippen LogP contribution is -2.46. The molecule has 0 N–H and O–H groups in total. The van der Waals surface area contributed by atoms with Gasteiger partial charge in [0.05, 0.1) is 7.11 Å². The number of carbonyl (C=O) groups is 2. The summed E-state index contributed by atoms with van der Waals surface area (Å²) in [5.41, 5.74) is -0.569. The number of pyridine rings is 1. The third kappa shape index (κ3) is 2.37. The van der Waals surface area contributed by atoms with Gasteiger partial charge in [-0.3, -0.25) is 4.79 Å². The van der Waals surface area contributed by atoms with E-state index in [2.05, 4.69) is 20.9 Å². The average molecular weight is 371 g/mol. The summed E-state index contributed by atoms with van der Waals surface area (Å²) in [6.07, 6.45) is 0.348. The van der Waals surface area contributed by atoms with Crippen molar-refractivity contribution in [3.63, 3.8) is 0 Å². The predicted molar refractivity (Wildman–Crippen MR) is 83.8 cm³/mol. The van der Waals surface area contributed by atoms with Gasteiger partial charge in [-0.2, -0.15) is 0 Å². The van der Waals surface area contributed by atoms with Gasteiger partial charge in [-0.05, 0) is 42.3 Å². The molecular formula is C15H19BrN2O4. The zero-order valence-corrected chi connectivity index (χ0v) is 14.7. The van der Waals surface area contributed by atoms with Crippen LogP contribution in [0.3, 0.4) is 0 Å². The van der Waals surface area contributed by atoms with Crippen molar-refractivity contribution in [2.45, 2.75) is 32.8 Å². The van der Waals surface area contributed by atoms with Gasteiger partial charge in [-0.15, -0.1) is 0 Å². The van der Waals surface area contributed by atoms with E-state index in [9.17, 15) is 9.59 Å². The summed E-state index contributed by atoms with van der Waals surface area (Å²) < 4.78 is 11.2. The molecule has 2 heterocycles. The maximum absolute atomic E-state index is 13.0. The van der Waals surface area contributed by atoms with Crippen LogP contribution in [0.5, 0.6) is 5.88 Å². The number of fused-ring (bicyclic) bond motifs is 1. The molecule has 0 radical (unpaired) electrons. The van der Waals surface area contributed by atoms with Gasteiger partial charge in [0, 0.05) is 18.7 Å². The molecule has 1 aromatic rings. The van der Waals surface area contributed by atoms with Crippen LogP contribution in [0.2, 0.25) is 0 Å². The highest BCUT2D eigenvalue weighted by Crippen LogP contribution is 2.44. The molecule has 1 atom stereocenters. The van der Waals surface area contributed by atoms with Crippen molar-refractivity contribution in [1.82, 2.24) is 9.88 Å². The second-order valence-corrected chi connectivity index (χ2v) is 5.74. The highest BCUT2D eigenvalue weighted by molar-refractivity contribution is 9.10. The Morgan fingerprint density at radius 2 is 2.05 bits per heavy atom. The van der Waals surface area contributed by atoms with Crippen LogP contribution in [-0.4, -0.2) is 42.0 Å². The lowest BCUT2D eigenvalue weighted by Gasteiger charge is -2.32. The Bertz CT molecular complexity index is 616. The lowest BCUT2D eigenvalue weighted by molar-refractivity contribution is -0.152. The normalized spacial score (nSPS) is 19.6. The van der Waals surface area contributed by atoms with Crippen LogP contribution in [-0.2, 0) is 15.1 Å². The molecule has 2 rings (SSSR count). The first-order valence-electron chi connectivity index (χ1n) is 7.22. The second kappa shape index (κ2) is 6.24. The average Bonchev–Trinajstić information content (AvgIpc) is 2.80. The van der Waals surface area contributed by atoms with E-state index in [0.29, 0.717) is 29.7 Å². The molecule has 0 saturated heterocycles. The van der Waals surface area contributed by atoms with Gasteiger partial charge in [0.2, 0.25) is 11.5 Å². The first-order chi connectivity index (χ1) is 10.4. The minimum Gasteiger partial charge on any atom is -0.480 e. The number of hydrogen-bond acceptors (Lipinski definition) is 5. The van der Waals surface area contributed by atoms with Crippen molar-refractivity contribution in [3.8, 4) is 5.88 Å². The highest BCUT2D eigenvalue weighted by Gasteiger charge is 2.53. The number of carbonyl (C=O) groups excluding carboxylic acids is 2. The van der Waals surface area contributed by atoms with Crippen molar-refractivity contribution < 1.29 is 19.1 Å². The molecule has 1 aliphatic heterocycles. The van der Waals surface area contributed by atoms with E-state index in [1.165, 1.54) is 7.11 Å². The Kier molecular flexibility index (Phi) is 4.75. The summed E-state index contributed by atoms with van der Waals surface area (Å²) in [4.78, 5) is 31.0. The summed E-state index contributed by atoms with van der Waals surface area (Å²) in [6, 6.07) is 1.66. The molecule has 0 fully saturated rings. The number of amides is 1. The maximum Gasteiger partial charge on any atom is 0.345 e. The standard InChI is InChI=1S/C15H19BrN2O4/c1-5-15(14(20)18(6-2)7-3)9-8-10(16)17-12(21-4)11(9)13(19)22-15/h8H,5-7H2,1-4H3. The Labute approximate surface area is 137 Å². The third-order valence-corrected chi connectivity index (χ3v) is 4.35. The van der Waals surface area contributed by atoms with Crippen LogP contribution >= 0.6 is 15.9 Å². The molecule has 0 aliphatic carbocycles. The summed E-state index contributed by atoms with van der Waals surface area (Å²) in [5, 5.41) is 0. The molecule has 1 unspecified atom stereocenters. The molecule has 7 heteroatoms. The first-order valence-corrected chi connectivity index (χ1v) is 8.02. The van der Waals surface area contributed by atoms with E-state index >= 15 is 0 Å². The maximum atomic E-state index is 13.0. The van der Waals surface area contributed by atoms with Crippen LogP contribution in [0.4, 0.5) is 0 Å². The number of hydrogen-bond donors (Lipinski definition) is 0. The van der Waals surface area contributed by atoms with E-state index in [4.69, 9.17) is 9.47 Å². The van der Waals surface area contributed by atoms with Gasteiger partial charge >= 0.3 is 5.97 Å². The first kappa shape index (κ1) is 16.7. The number of methoxy groups -OCH3 is 1. The summed E-state index contributed by atoms with van der Waals surface area (Å²) in [5.74, 6) is -0.626. The minimum absolute atomic E-state index is 0.164. The summed E-state index contributed by atoms with van der Waals surface area (Å²) in [7, 11) is 1.43. The number of rotatable bonds is 5. The third-order valence-electron chi connectivity index (χ3n) is 3.95. The molecule has 22 heavy (non-hydrogen) atoms. The van der Waals surface area contributed by atoms with Crippen molar-refractivity contribution in [1.29, 1.82) is 0 Å². The molecular weight excluding hydrogens is 352 g/mol. The van der Waals surface area contributed by atoms with Crippen LogP contribution in [0.25, 0.3) is 0 Å². The van der Waals surface area contributed by atoms with Crippen molar-refractivity contribution >= 4 is 27.8 Å². The Hall–Kier alpha value is -1.63. The number of nitrogens with zero attached hydrogens (tertiary/aromatic N) is 2. The number of cyclic esters (lactones) is 1. The quantitative estimate of drug-likeness (QED) is 0.588. The fraction of sp³-hybridized carbons (Fsp3) is 0.533. The Morgan fingerprint density at radius 3 is 2.55 bits per heavy atom. The monoisotopic (exact) mass is 370 g/mol. The van der Waals surface area contributed by atoms with Crippen LogP contribution in [0.15, 0.2) is 10.7 Å². The highest BCUT2D eigenvalue weighted by atomic mass is 79.9. The predicted octanol–water partition coefficient (Wildman–Crippen LogP) is 2.50. The number of aromatic nitrogens is 1. The van der Waals surface area contributed by atoms with Gasteiger partial charge in [-0.25, -0.2) is 9.78 Å². The minimum atomic E-state index is -1.31. The van der Waals surface area contributed by atoms with Gasteiger partial charge in [-0.1, -0.05) is 6.92 Å². The topological polar surface area (TPSA) is 68.7 Å². The molecule has 0 bridgehead atoms. The molecule has 1 amide bonds. The van der Waals surface area contributed by atoms with Gasteiger partial charge in [0.15, 0.2) is 0 Å². The number of likely N-dealkylation sites (N-methyl/N-ethyl adjacent to an activating group) is 1. The SMILES string of the molecule is CCN(CC)C(=O)C1(CC)OC(=O)c2c1cc(Br)nc2OC. The van der Waals surface area contributed by atoms with Crippen molar-refractivity contribution in [3.05, 3.63) is 21.8 Å². The molecule has 0 spiro atoms. The molecule has 120 valence electrons. The summed E-state index contributed by atoms with van der Waals surface area (Å²) >= 11 is 3.29. The second-order valence-electron chi connectivity index (χ2n) is 4.92. The van der Waals surface area contributed by atoms with Crippen LogP contribution in [0.1, 0.15) is 43.1 Å². The van der Waals surface area contributed by atoms with E-state index in [1.54, 1.807) is 11.0 Å². The van der Waals surface area contributed by atoms with Gasteiger partial charge in [0.1, 0.15) is 10.2 Å². The van der Waals surface area contributed by atoms with E-state index in [1.807, 2.05) is 20.8 Å². The van der Waals surface area contributed by atoms with E-state index in [-0.39, 0.29) is 17.4 Å². The number of esters is 1. The Morgan fingerprint density at radius 1 is 1.41 bits per heavy atom. The summed E-state index contributed by atoms with van der Waals surface area (Å²) in [6.45, 7) is 6.71. The number of ether oxygens (including phenoxy) is 2. The Balaban J connectivity index is 2.66. The van der Waals surface area contributed by atoms with Gasteiger partial charge in [0.25, 0.3) is 5.91 Å². The largest absolute Gasteiger partial charge is 0.480 e. The number of halogens is 1. The molecule has 6 nitrogen and oxygen atoms in total. The van der Waals surface area contributed by atoms with E-state index < -0.39 is 11.6 Å².